The van der Waals surface area contributed by atoms with E-state index in [2.05, 4.69) is 13.8 Å². The van der Waals surface area contributed by atoms with Gasteiger partial charge < -0.3 is 10.8 Å². The first-order valence-corrected chi connectivity index (χ1v) is 5.70. The number of benzene rings is 1. The van der Waals surface area contributed by atoms with Crippen LogP contribution in [0.1, 0.15) is 45.1 Å². The Morgan fingerprint density at radius 2 is 1.80 bits per heavy atom. The third kappa shape index (κ3) is 2.96. The summed E-state index contributed by atoms with van der Waals surface area (Å²) in [5, 5.41) is 9.23. The molecule has 1 rings (SSSR count). The van der Waals surface area contributed by atoms with E-state index in [0.717, 1.165) is 31.2 Å². The molecule has 1 atom stereocenters. The molecule has 0 aliphatic heterocycles. The maximum Gasteiger partial charge on any atom is 0.115 e. The summed E-state index contributed by atoms with van der Waals surface area (Å²) >= 11 is 0. The predicted octanol–water partition coefficient (Wildman–Crippen LogP) is 3.15. The first-order valence-electron chi connectivity index (χ1n) is 5.70. The number of phenolic OH excluding ortho intramolecular Hbond substituents is 1. The van der Waals surface area contributed by atoms with Gasteiger partial charge in [0, 0.05) is 5.54 Å². The van der Waals surface area contributed by atoms with E-state index in [4.69, 9.17) is 5.73 Å². The van der Waals surface area contributed by atoms with Gasteiger partial charge >= 0.3 is 0 Å². The SMILES string of the molecule is CCCCC(N)(CC)c1ccc(O)cc1. The molecule has 0 aliphatic carbocycles. The zero-order valence-corrected chi connectivity index (χ0v) is 9.66. The monoisotopic (exact) mass is 207 g/mol. The lowest BCUT2D eigenvalue weighted by molar-refractivity contribution is 0.379. The third-order valence-corrected chi connectivity index (χ3v) is 3.05. The molecule has 0 spiro atoms. The van der Waals surface area contributed by atoms with Gasteiger partial charge in [-0.2, -0.15) is 0 Å². The van der Waals surface area contributed by atoms with Gasteiger partial charge in [-0.3, -0.25) is 0 Å². The van der Waals surface area contributed by atoms with Crippen molar-refractivity contribution in [3.05, 3.63) is 29.8 Å². The predicted molar refractivity (Wildman–Crippen MR) is 63.8 cm³/mol. The third-order valence-electron chi connectivity index (χ3n) is 3.05. The smallest absolute Gasteiger partial charge is 0.115 e. The summed E-state index contributed by atoms with van der Waals surface area (Å²) in [6.07, 6.45) is 4.24. The number of unbranched alkanes of at least 4 members (excludes halogenated alkanes) is 1. The van der Waals surface area contributed by atoms with Crippen LogP contribution in [0.5, 0.6) is 5.75 Å². The van der Waals surface area contributed by atoms with Gasteiger partial charge in [-0.15, -0.1) is 0 Å². The maximum absolute atomic E-state index is 9.23. The highest BCUT2D eigenvalue weighted by atomic mass is 16.3. The zero-order valence-electron chi connectivity index (χ0n) is 9.66. The lowest BCUT2D eigenvalue weighted by atomic mass is 9.84. The molecule has 0 saturated carbocycles. The second kappa shape index (κ2) is 5.17. The Morgan fingerprint density at radius 1 is 1.20 bits per heavy atom. The van der Waals surface area contributed by atoms with Crippen molar-refractivity contribution in [3.63, 3.8) is 0 Å². The van der Waals surface area contributed by atoms with Gasteiger partial charge in [-0.25, -0.2) is 0 Å². The molecule has 1 aromatic carbocycles. The Kier molecular flexibility index (Phi) is 4.15. The number of hydrogen-bond donors (Lipinski definition) is 2. The quantitative estimate of drug-likeness (QED) is 0.779. The fraction of sp³-hybridized carbons (Fsp3) is 0.538. The van der Waals surface area contributed by atoms with E-state index in [0.29, 0.717) is 5.75 Å². The van der Waals surface area contributed by atoms with Gasteiger partial charge in [0.25, 0.3) is 0 Å². The number of phenols is 1. The Bertz CT molecular complexity index is 294. The minimum absolute atomic E-state index is 0.232. The average molecular weight is 207 g/mol. The molecule has 2 nitrogen and oxygen atoms in total. The molecule has 0 saturated heterocycles. The molecule has 0 amide bonds. The van der Waals surface area contributed by atoms with E-state index < -0.39 is 0 Å². The topological polar surface area (TPSA) is 46.2 Å². The minimum Gasteiger partial charge on any atom is -0.508 e. The number of nitrogens with two attached hydrogens (primary N) is 1. The molecule has 0 radical (unpaired) electrons. The molecule has 84 valence electrons. The summed E-state index contributed by atoms with van der Waals surface area (Å²) in [4.78, 5) is 0. The van der Waals surface area contributed by atoms with E-state index in [1.165, 1.54) is 0 Å². The number of hydrogen-bond acceptors (Lipinski definition) is 2. The van der Waals surface area contributed by atoms with Crippen molar-refractivity contribution < 1.29 is 5.11 Å². The number of aromatic hydroxyl groups is 1. The van der Waals surface area contributed by atoms with E-state index in [1.807, 2.05) is 12.1 Å². The van der Waals surface area contributed by atoms with Crippen LogP contribution in [0, 0.1) is 0 Å². The second-order valence-electron chi connectivity index (χ2n) is 4.16. The molecule has 3 N–H and O–H groups in total. The van der Waals surface area contributed by atoms with Crippen molar-refractivity contribution >= 4 is 0 Å². The van der Waals surface area contributed by atoms with Crippen LogP contribution in [-0.2, 0) is 5.54 Å². The summed E-state index contributed by atoms with van der Waals surface area (Å²) in [5.74, 6) is 0.299. The van der Waals surface area contributed by atoms with Crippen LogP contribution < -0.4 is 5.73 Å². The lowest BCUT2D eigenvalue weighted by Crippen LogP contribution is -2.35. The van der Waals surface area contributed by atoms with Crippen LogP contribution in [0.3, 0.4) is 0 Å². The van der Waals surface area contributed by atoms with Crippen LogP contribution >= 0.6 is 0 Å². The Morgan fingerprint density at radius 3 is 2.27 bits per heavy atom. The Balaban J connectivity index is 2.85. The molecular formula is C13H21NO. The summed E-state index contributed by atoms with van der Waals surface area (Å²) < 4.78 is 0. The average Bonchev–Trinajstić information content (AvgIpc) is 2.27. The molecule has 0 aliphatic rings. The highest BCUT2D eigenvalue weighted by Crippen LogP contribution is 2.28. The molecule has 0 aromatic heterocycles. The first-order chi connectivity index (χ1) is 7.12. The van der Waals surface area contributed by atoms with E-state index in [1.54, 1.807) is 12.1 Å². The van der Waals surface area contributed by atoms with Crippen LogP contribution in [-0.4, -0.2) is 5.11 Å². The summed E-state index contributed by atoms with van der Waals surface area (Å²) in [7, 11) is 0. The van der Waals surface area contributed by atoms with Crippen LogP contribution in [0.25, 0.3) is 0 Å². The highest BCUT2D eigenvalue weighted by Gasteiger charge is 2.23. The van der Waals surface area contributed by atoms with Gasteiger partial charge in [0.1, 0.15) is 5.75 Å². The molecule has 15 heavy (non-hydrogen) atoms. The minimum atomic E-state index is -0.232. The molecule has 1 aromatic rings. The lowest BCUT2D eigenvalue weighted by Gasteiger charge is -2.28. The van der Waals surface area contributed by atoms with Crippen LogP contribution in [0.4, 0.5) is 0 Å². The fourth-order valence-electron chi connectivity index (χ4n) is 1.81. The van der Waals surface area contributed by atoms with E-state index in [-0.39, 0.29) is 5.54 Å². The normalized spacial score (nSPS) is 14.9. The summed E-state index contributed by atoms with van der Waals surface area (Å²) in [5.41, 5.74) is 7.26. The molecule has 1 unspecified atom stereocenters. The molecule has 2 heteroatoms. The van der Waals surface area contributed by atoms with Crippen molar-refractivity contribution in [2.24, 2.45) is 5.73 Å². The first kappa shape index (κ1) is 12.1. The van der Waals surface area contributed by atoms with Gasteiger partial charge in [0.2, 0.25) is 0 Å². The molecule has 0 heterocycles. The van der Waals surface area contributed by atoms with Crippen molar-refractivity contribution in [3.8, 4) is 5.75 Å². The standard InChI is InChI=1S/C13H21NO/c1-3-5-10-13(14,4-2)11-6-8-12(15)9-7-11/h6-9,15H,3-5,10,14H2,1-2H3. The van der Waals surface area contributed by atoms with Crippen LogP contribution in [0.2, 0.25) is 0 Å². The molecular weight excluding hydrogens is 186 g/mol. The van der Waals surface area contributed by atoms with Gasteiger partial charge in [-0.1, -0.05) is 38.8 Å². The van der Waals surface area contributed by atoms with Crippen molar-refractivity contribution in [1.82, 2.24) is 0 Å². The van der Waals surface area contributed by atoms with Gasteiger partial charge in [0.15, 0.2) is 0 Å². The fourth-order valence-corrected chi connectivity index (χ4v) is 1.81. The highest BCUT2D eigenvalue weighted by molar-refractivity contribution is 5.30. The number of rotatable bonds is 5. The molecule has 0 bridgehead atoms. The van der Waals surface area contributed by atoms with Crippen LogP contribution in [0.15, 0.2) is 24.3 Å². The largest absolute Gasteiger partial charge is 0.508 e. The maximum atomic E-state index is 9.23. The Hall–Kier alpha value is -1.02. The van der Waals surface area contributed by atoms with E-state index >= 15 is 0 Å². The summed E-state index contributed by atoms with van der Waals surface area (Å²) in [6, 6.07) is 7.26. The molecule has 0 fully saturated rings. The van der Waals surface area contributed by atoms with Crippen molar-refractivity contribution in [1.29, 1.82) is 0 Å². The van der Waals surface area contributed by atoms with Gasteiger partial charge in [0.05, 0.1) is 0 Å². The zero-order chi connectivity index (χ0) is 11.3. The van der Waals surface area contributed by atoms with E-state index in [9.17, 15) is 5.11 Å². The second-order valence-corrected chi connectivity index (χ2v) is 4.16. The van der Waals surface area contributed by atoms with Gasteiger partial charge in [-0.05, 0) is 30.5 Å². The Labute approximate surface area is 92.1 Å². The van der Waals surface area contributed by atoms with Crippen molar-refractivity contribution in [2.75, 3.05) is 0 Å². The summed E-state index contributed by atoms with van der Waals surface area (Å²) in [6.45, 7) is 4.29. The van der Waals surface area contributed by atoms with Crippen molar-refractivity contribution in [2.45, 2.75) is 45.1 Å².